The van der Waals surface area contributed by atoms with Gasteiger partial charge in [-0.2, -0.15) is 5.06 Å². The monoisotopic (exact) mass is 417 g/mol. The van der Waals surface area contributed by atoms with E-state index < -0.39 is 0 Å². The third-order valence-electron chi connectivity index (χ3n) is 4.11. The van der Waals surface area contributed by atoms with E-state index in [2.05, 4.69) is 38.0 Å². The number of aromatic nitrogens is 1. The molecule has 1 heterocycles. The molecule has 1 aromatic carbocycles. The first kappa shape index (κ1) is 23.0. The number of hydroxylamine groups is 1. The van der Waals surface area contributed by atoms with Gasteiger partial charge in [-0.15, -0.1) is 11.3 Å². The number of nitrogens with one attached hydrogen (secondary N) is 1. The van der Waals surface area contributed by atoms with Crippen LogP contribution in [0.2, 0.25) is 0 Å². The predicted molar refractivity (Wildman–Crippen MR) is 118 cm³/mol. The summed E-state index contributed by atoms with van der Waals surface area (Å²) in [5.74, 6) is 0.0000122. The van der Waals surface area contributed by atoms with E-state index in [0.29, 0.717) is 35.3 Å². The Labute approximate surface area is 177 Å². The zero-order chi connectivity index (χ0) is 21.4. The molecule has 0 saturated carbocycles. The highest BCUT2D eigenvalue weighted by Crippen LogP contribution is 2.26. The molecule has 1 atom stereocenters. The Morgan fingerprint density at radius 2 is 1.93 bits per heavy atom. The number of nitrogens with zero attached hydrogens (tertiary/aromatic N) is 2. The second kappa shape index (κ2) is 10.5. The van der Waals surface area contributed by atoms with Crippen LogP contribution < -0.4 is 10.4 Å². The first-order valence-corrected chi connectivity index (χ1v) is 10.8. The Kier molecular flexibility index (Phi) is 8.34. The molecule has 0 radical (unpaired) electrons. The number of hydrogen-bond donors (Lipinski definition) is 1. The smallest absolute Gasteiger partial charge is 0.284 e. The third-order valence-corrected chi connectivity index (χ3v) is 4.85. The van der Waals surface area contributed by atoms with E-state index in [4.69, 9.17) is 4.84 Å². The third kappa shape index (κ3) is 7.59. The fourth-order valence-electron chi connectivity index (χ4n) is 3.16. The lowest BCUT2D eigenvalue weighted by atomic mass is 9.84. The van der Waals surface area contributed by atoms with Gasteiger partial charge in [-0.05, 0) is 48.4 Å². The van der Waals surface area contributed by atoms with Crippen LogP contribution in [-0.4, -0.2) is 23.4 Å². The Balaban J connectivity index is 1.99. The number of rotatable bonds is 9. The van der Waals surface area contributed by atoms with Crippen molar-refractivity contribution in [3.05, 3.63) is 41.4 Å². The van der Waals surface area contributed by atoms with Crippen molar-refractivity contribution in [1.29, 1.82) is 0 Å². The number of benzene rings is 1. The van der Waals surface area contributed by atoms with Crippen LogP contribution in [0.4, 0.5) is 10.8 Å². The molecule has 2 amide bonds. The first-order valence-electron chi connectivity index (χ1n) is 9.96. The van der Waals surface area contributed by atoms with Crippen LogP contribution in [0.5, 0.6) is 0 Å². The number of carbonyl (C=O) groups excluding carboxylic acids is 2. The van der Waals surface area contributed by atoms with Crippen molar-refractivity contribution in [3.8, 4) is 0 Å². The van der Waals surface area contributed by atoms with Gasteiger partial charge in [0.15, 0.2) is 0 Å². The minimum absolute atomic E-state index is 0.0171. The van der Waals surface area contributed by atoms with Crippen LogP contribution in [0, 0.1) is 11.3 Å². The van der Waals surface area contributed by atoms with Crippen molar-refractivity contribution in [3.63, 3.8) is 0 Å². The van der Waals surface area contributed by atoms with E-state index in [1.807, 2.05) is 6.92 Å². The van der Waals surface area contributed by atoms with Crippen molar-refractivity contribution in [2.75, 3.05) is 17.0 Å². The van der Waals surface area contributed by atoms with Gasteiger partial charge in [-0.1, -0.05) is 34.6 Å². The average Bonchev–Trinajstić information content (AvgIpc) is 3.15. The Bertz CT molecular complexity index is 783. The van der Waals surface area contributed by atoms with Crippen molar-refractivity contribution in [2.45, 2.75) is 53.9 Å². The number of anilines is 2. The lowest BCUT2D eigenvalue weighted by Gasteiger charge is -2.22. The SMILES string of the molecule is CCCON(C(=O)c1ccc(NC(=O)CC(C)CC(C)(C)C)cc1)c1nccs1. The van der Waals surface area contributed by atoms with Gasteiger partial charge in [0.25, 0.3) is 5.91 Å². The molecule has 0 fully saturated rings. The van der Waals surface area contributed by atoms with Crippen LogP contribution in [0.15, 0.2) is 35.8 Å². The van der Waals surface area contributed by atoms with Gasteiger partial charge in [0.05, 0.1) is 6.61 Å². The second-order valence-corrected chi connectivity index (χ2v) is 9.32. The highest BCUT2D eigenvalue weighted by atomic mass is 32.1. The van der Waals surface area contributed by atoms with Crippen molar-refractivity contribution in [1.82, 2.24) is 4.98 Å². The number of hydrogen-bond acceptors (Lipinski definition) is 5. The van der Waals surface area contributed by atoms with Gasteiger partial charge in [-0.25, -0.2) is 4.98 Å². The second-order valence-electron chi connectivity index (χ2n) is 8.45. The molecule has 0 bridgehead atoms. The Morgan fingerprint density at radius 1 is 1.24 bits per heavy atom. The summed E-state index contributed by atoms with van der Waals surface area (Å²) in [7, 11) is 0. The maximum atomic E-state index is 12.8. The van der Waals surface area contributed by atoms with Crippen LogP contribution in [0.3, 0.4) is 0 Å². The molecule has 0 aliphatic heterocycles. The molecule has 158 valence electrons. The van der Waals surface area contributed by atoms with Crippen molar-refractivity contribution >= 4 is 34.0 Å². The summed E-state index contributed by atoms with van der Waals surface area (Å²) < 4.78 is 0. The maximum absolute atomic E-state index is 12.8. The quantitative estimate of drug-likeness (QED) is 0.544. The van der Waals surface area contributed by atoms with Gasteiger partial charge in [0.2, 0.25) is 11.0 Å². The van der Waals surface area contributed by atoms with E-state index in [0.717, 1.165) is 12.8 Å². The molecule has 2 rings (SSSR count). The van der Waals surface area contributed by atoms with Gasteiger partial charge in [0, 0.05) is 29.2 Å². The van der Waals surface area contributed by atoms with E-state index in [9.17, 15) is 9.59 Å². The van der Waals surface area contributed by atoms with E-state index >= 15 is 0 Å². The molecule has 1 N–H and O–H groups in total. The number of amides is 2. The van der Waals surface area contributed by atoms with Gasteiger partial charge in [-0.3, -0.25) is 14.4 Å². The molecule has 6 nitrogen and oxygen atoms in total. The Morgan fingerprint density at radius 3 is 2.48 bits per heavy atom. The molecule has 0 spiro atoms. The summed E-state index contributed by atoms with van der Waals surface area (Å²) in [6, 6.07) is 6.84. The predicted octanol–water partition coefficient (Wildman–Crippen LogP) is 5.53. The fourth-order valence-corrected chi connectivity index (χ4v) is 3.76. The summed E-state index contributed by atoms with van der Waals surface area (Å²) in [6.07, 6.45) is 3.88. The maximum Gasteiger partial charge on any atom is 0.284 e. The molecule has 1 aromatic heterocycles. The zero-order valence-electron chi connectivity index (χ0n) is 17.9. The molecular weight excluding hydrogens is 386 g/mol. The lowest BCUT2D eigenvalue weighted by molar-refractivity contribution is -0.117. The lowest BCUT2D eigenvalue weighted by Crippen LogP contribution is -2.31. The molecular formula is C22H31N3O3S. The molecule has 29 heavy (non-hydrogen) atoms. The van der Waals surface area contributed by atoms with Crippen LogP contribution in [0.1, 0.15) is 64.2 Å². The number of thiazole rings is 1. The molecule has 0 saturated heterocycles. The normalized spacial score (nSPS) is 12.4. The Hall–Kier alpha value is -2.25. The summed E-state index contributed by atoms with van der Waals surface area (Å²) >= 11 is 1.34. The minimum Gasteiger partial charge on any atom is -0.326 e. The van der Waals surface area contributed by atoms with E-state index in [-0.39, 0.29) is 17.2 Å². The van der Waals surface area contributed by atoms with Crippen LogP contribution >= 0.6 is 11.3 Å². The summed E-state index contributed by atoms with van der Waals surface area (Å²) in [6.45, 7) is 11.0. The van der Waals surface area contributed by atoms with E-state index in [1.165, 1.54) is 16.4 Å². The summed E-state index contributed by atoms with van der Waals surface area (Å²) in [5, 5.41) is 6.43. The molecule has 1 unspecified atom stereocenters. The molecule has 7 heteroatoms. The van der Waals surface area contributed by atoms with Crippen molar-refractivity contribution < 1.29 is 14.4 Å². The average molecular weight is 418 g/mol. The van der Waals surface area contributed by atoms with Gasteiger partial charge >= 0.3 is 0 Å². The van der Waals surface area contributed by atoms with Gasteiger partial charge in [0.1, 0.15) is 0 Å². The minimum atomic E-state index is -0.287. The molecule has 0 aliphatic carbocycles. The first-order chi connectivity index (χ1) is 13.7. The highest BCUT2D eigenvalue weighted by Gasteiger charge is 2.21. The fraction of sp³-hybridized carbons (Fsp3) is 0.500. The number of carbonyl (C=O) groups is 2. The van der Waals surface area contributed by atoms with Crippen molar-refractivity contribution in [2.24, 2.45) is 11.3 Å². The van der Waals surface area contributed by atoms with Gasteiger partial charge < -0.3 is 5.32 Å². The van der Waals surface area contributed by atoms with Crippen LogP contribution in [0.25, 0.3) is 0 Å². The topological polar surface area (TPSA) is 71.5 Å². The molecule has 2 aromatic rings. The standard InChI is InChI=1S/C22H31N3O3S/c1-6-12-28-25(21-23-11-13-29-21)20(27)17-7-9-18(10-8-17)24-19(26)14-16(2)15-22(3,4)5/h7-11,13,16H,6,12,14-15H2,1-5H3,(H,24,26). The largest absolute Gasteiger partial charge is 0.326 e. The van der Waals surface area contributed by atoms with E-state index in [1.54, 1.807) is 35.8 Å². The summed E-state index contributed by atoms with van der Waals surface area (Å²) in [4.78, 5) is 34.9. The van der Waals surface area contributed by atoms with Crippen LogP contribution in [-0.2, 0) is 9.63 Å². The zero-order valence-corrected chi connectivity index (χ0v) is 18.7. The molecule has 0 aliphatic rings. The summed E-state index contributed by atoms with van der Waals surface area (Å²) in [5.41, 5.74) is 1.34. The highest BCUT2D eigenvalue weighted by molar-refractivity contribution is 7.13.